The van der Waals surface area contributed by atoms with Gasteiger partial charge >= 0.3 is 12.0 Å². The van der Waals surface area contributed by atoms with Gasteiger partial charge in [0.05, 0.1) is 23.5 Å². The number of aryl methyl sites for hydroxylation is 1. The Labute approximate surface area is 236 Å². The topological polar surface area (TPSA) is 130 Å². The van der Waals surface area contributed by atoms with Crippen molar-refractivity contribution in [1.82, 2.24) is 19.9 Å². The van der Waals surface area contributed by atoms with E-state index in [2.05, 4.69) is 25.1 Å². The number of anilines is 4. The number of piperazine rings is 1. The molecule has 0 aliphatic carbocycles. The van der Waals surface area contributed by atoms with Gasteiger partial charge < -0.3 is 20.7 Å². The third-order valence-corrected chi connectivity index (χ3v) is 7.55. The van der Waals surface area contributed by atoms with Gasteiger partial charge in [0.2, 0.25) is 0 Å². The van der Waals surface area contributed by atoms with Crippen LogP contribution in [0, 0.1) is 6.92 Å². The Morgan fingerprint density at radius 3 is 2.64 bits per heavy atom. The highest BCUT2D eigenvalue weighted by molar-refractivity contribution is 7.13. The van der Waals surface area contributed by atoms with Gasteiger partial charge in [0.15, 0.2) is 10.9 Å². The van der Waals surface area contributed by atoms with E-state index in [1.165, 1.54) is 16.2 Å². The number of carbonyl (C=O) groups excluding carboxylic acids is 2. The van der Waals surface area contributed by atoms with E-state index in [9.17, 15) is 9.59 Å². The number of halogens is 1. The molecule has 11 nitrogen and oxygen atoms in total. The van der Waals surface area contributed by atoms with E-state index >= 15 is 0 Å². The van der Waals surface area contributed by atoms with Gasteiger partial charge in [-0.15, -0.1) is 11.3 Å². The molecule has 39 heavy (non-hydrogen) atoms. The van der Waals surface area contributed by atoms with Crippen molar-refractivity contribution in [2.45, 2.75) is 39.8 Å². The Balaban J connectivity index is 1.64. The number of hydrogen-bond acceptors (Lipinski definition) is 10. The third-order valence-electron chi connectivity index (χ3n) is 6.48. The molecule has 1 saturated heterocycles. The lowest BCUT2D eigenvalue weighted by Crippen LogP contribution is -2.53. The first-order valence-corrected chi connectivity index (χ1v) is 14.1. The largest absolute Gasteiger partial charge is 0.465 e. The minimum Gasteiger partial charge on any atom is -0.465 e. The van der Waals surface area contributed by atoms with Crippen molar-refractivity contribution < 1.29 is 14.3 Å². The van der Waals surface area contributed by atoms with Gasteiger partial charge in [-0.2, -0.15) is 0 Å². The number of carbonyl (C=O) groups is 2. The molecule has 3 heterocycles. The van der Waals surface area contributed by atoms with Crippen molar-refractivity contribution in [1.29, 1.82) is 0 Å². The van der Waals surface area contributed by atoms with Crippen LogP contribution in [0.25, 0.3) is 0 Å². The molecule has 1 fully saturated rings. The maximum absolute atomic E-state index is 13.8. The number of aromatic nitrogens is 3. The lowest BCUT2D eigenvalue weighted by atomic mass is 10.1. The summed E-state index contributed by atoms with van der Waals surface area (Å²) in [5.74, 6) is 0.982. The molecule has 1 aliphatic heterocycles. The highest BCUT2D eigenvalue weighted by Gasteiger charge is 2.32. The summed E-state index contributed by atoms with van der Waals surface area (Å²) >= 11 is 7.74. The molecule has 1 aliphatic rings. The summed E-state index contributed by atoms with van der Waals surface area (Å²) in [6.45, 7) is 8.67. The molecule has 0 radical (unpaired) electrons. The Hall–Kier alpha value is -3.32. The fraction of sp³-hybridized carbons (Fsp3) is 0.423. The maximum atomic E-state index is 13.8. The van der Waals surface area contributed by atoms with Crippen LogP contribution in [0.1, 0.15) is 31.7 Å². The first-order valence-electron chi connectivity index (χ1n) is 12.8. The van der Waals surface area contributed by atoms with E-state index in [1.807, 2.05) is 26.8 Å². The molecule has 0 bridgehead atoms. The van der Waals surface area contributed by atoms with Crippen molar-refractivity contribution in [2.24, 2.45) is 5.73 Å². The van der Waals surface area contributed by atoms with Crippen LogP contribution < -0.4 is 20.9 Å². The number of thiazole rings is 1. The van der Waals surface area contributed by atoms with E-state index in [0.29, 0.717) is 77.9 Å². The summed E-state index contributed by atoms with van der Waals surface area (Å²) in [6, 6.07) is 4.55. The van der Waals surface area contributed by atoms with E-state index in [1.54, 1.807) is 29.9 Å². The van der Waals surface area contributed by atoms with Gasteiger partial charge in [-0.05, 0) is 31.9 Å². The SMILES string of the molecule is CCOC(=O)C(CC)N1CCN(c2nc(C)ncc2N(C(=O)Nc2c(Cl)cccc2CN)c2nccs2)CC1. The minimum absolute atomic E-state index is 0.199. The standard InChI is InChI=1S/C26H33ClN8O3S/c1-4-20(24(36)38-5-2)33-10-12-34(13-11-33)23-21(16-30-17(3)31-23)35(26-29-9-14-39-26)25(37)32-22-18(15-28)7-6-8-19(22)27/h6-9,14,16,20H,4-5,10-13,15,28H2,1-3H3,(H,32,37). The lowest BCUT2D eigenvalue weighted by molar-refractivity contribution is -0.149. The van der Waals surface area contributed by atoms with Crippen LogP contribution in [-0.2, 0) is 16.1 Å². The van der Waals surface area contributed by atoms with Crippen LogP contribution in [0.4, 0.5) is 27.1 Å². The van der Waals surface area contributed by atoms with Gasteiger partial charge in [-0.3, -0.25) is 9.69 Å². The van der Waals surface area contributed by atoms with Gasteiger partial charge in [0, 0.05) is 44.3 Å². The molecule has 13 heteroatoms. The van der Waals surface area contributed by atoms with E-state index in [0.717, 1.165) is 0 Å². The Morgan fingerprint density at radius 2 is 2.00 bits per heavy atom. The summed E-state index contributed by atoms with van der Waals surface area (Å²) in [5.41, 5.74) is 7.54. The van der Waals surface area contributed by atoms with Crippen LogP contribution >= 0.6 is 22.9 Å². The number of nitrogens with zero attached hydrogens (tertiary/aromatic N) is 6. The van der Waals surface area contributed by atoms with Crippen LogP contribution in [0.2, 0.25) is 5.02 Å². The zero-order chi connectivity index (χ0) is 27.9. The summed E-state index contributed by atoms with van der Waals surface area (Å²) < 4.78 is 5.28. The second-order valence-electron chi connectivity index (χ2n) is 8.88. The Kier molecular flexibility index (Phi) is 9.68. The molecule has 1 atom stereocenters. The van der Waals surface area contributed by atoms with Gasteiger partial charge in [-0.25, -0.2) is 24.6 Å². The summed E-state index contributed by atoms with van der Waals surface area (Å²) in [7, 11) is 0. The molecular weight excluding hydrogens is 540 g/mol. The second kappa shape index (κ2) is 13.2. The zero-order valence-corrected chi connectivity index (χ0v) is 23.8. The average Bonchev–Trinajstić information content (AvgIpc) is 3.46. The van der Waals surface area contributed by atoms with E-state index in [-0.39, 0.29) is 18.6 Å². The number of nitrogens with two attached hydrogens (primary N) is 1. The highest BCUT2D eigenvalue weighted by Crippen LogP contribution is 2.36. The molecule has 4 rings (SSSR count). The van der Waals surface area contributed by atoms with Crippen LogP contribution in [0.5, 0.6) is 0 Å². The normalized spacial score (nSPS) is 14.6. The van der Waals surface area contributed by atoms with Crippen molar-refractivity contribution in [3.8, 4) is 0 Å². The Morgan fingerprint density at radius 1 is 1.23 bits per heavy atom. The first kappa shape index (κ1) is 28.7. The number of para-hydroxylation sites is 1. The molecule has 0 saturated carbocycles. The molecule has 3 aromatic rings. The smallest absolute Gasteiger partial charge is 0.333 e. The fourth-order valence-corrected chi connectivity index (χ4v) is 5.46. The van der Waals surface area contributed by atoms with Crippen molar-refractivity contribution in [3.05, 3.63) is 52.4 Å². The van der Waals surface area contributed by atoms with Gasteiger partial charge in [0.1, 0.15) is 17.6 Å². The minimum atomic E-state index is -0.464. The lowest BCUT2D eigenvalue weighted by Gasteiger charge is -2.39. The molecule has 2 amide bonds. The quantitative estimate of drug-likeness (QED) is 0.362. The Bertz CT molecular complexity index is 1280. The van der Waals surface area contributed by atoms with E-state index in [4.69, 9.17) is 27.1 Å². The van der Waals surface area contributed by atoms with Crippen molar-refractivity contribution >= 4 is 57.3 Å². The molecule has 208 valence electrons. The summed E-state index contributed by atoms with van der Waals surface area (Å²) in [5, 5.41) is 5.56. The average molecular weight is 573 g/mol. The summed E-state index contributed by atoms with van der Waals surface area (Å²) in [4.78, 5) is 45.5. The number of amides is 2. The van der Waals surface area contributed by atoms with Gasteiger partial charge in [-0.1, -0.05) is 30.7 Å². The monoisotopic (exact) mass is 572 g/mol. The predicted molar refractivity (Wildman–Crippen MR) is 154 cm³/mol. The van der Waals surface area contributed by atoms with Crippen LogP contribution in [0.15, 0.2) is 36.0 Å². The number of benzene rings is 1. The molecule has 3 N–H and O–H groups in total. The molecule has 2 aromatic heterocycles. The molecular formula is C26H33ClN8O3S. The predicted octanol–water partition coefficient (Wildman–Crippen LogP) is 4.19. The second-order valence-corrected chi connectivity index (χ2v) is 10.2. The number of hydrogen-bond donors (Lipinski definition) is 2. The highest BCUT2D eigenvalue weighted by atomic mass is 35.5. The number of rotatable bonds is 9. The fourth-order valence-electron chi connectivity index (χ4n) is 4.57. The number of esters is 1. The van der Waals surface area contributed by atoms with Crippen molar-refractivity contribution in [3.63, 3.8) is 0 Å². The van der Waals surface area contributed by atoms with Crippen molar-refractivity contribution in [2.75, 3.05) is 47.9 Å². The first-order chi connectivity index (χ1) is 18.9. The van der Waals surface area contributed by atoms with Crippen LogP contribution in [-0.4, -0.2) is 70.7 Å². The molecule has 0 spiro atoms. The zero-order valence-electron chi connectivity index (χ0n) is 22.3. The number of ether oxygens (including phenoxy) is 1. The van der Waals surface area contributed by atoms with E-state index < -0.39 is 6.03 Å². The van der Waals surface area contributed by atoms with Crippen LogP contribution in [0.3, 0.4) is 0 Å². The van der Waals surface area contributed by atoms with Gasteiger partial charge in [0.25, 0.3) is 0 Å². The number of nitrogens with one attached hydrogen (secondary N) is 1. The summed E-state index contributed by atoms with van der Waals surface area (Å²) in [6.07, 6.45) is 3.94. The maximum Gasteiger partial charge on any atom is 0.333 e. The molecule has 1 aromatic carbocycles. The third kappa shape index (κ3) is 6.47. The number of urea groups is 1. The molecule has 1 unspecified atom stereocenters.